The number of fused-ring (bicyclic) bond motifs is 1. The van der Waals surface area contributed by atoms with Gasteiger partial charge in [0.05, 0.1) is 41.6 Å². The molecule has 1 aliphatic heterocycles. The number of para-hydroxylation sites is 1. The second-order valence-electron chi connectivity index (χ2n) is 9.88. The van der Waals surface area contributed by atoms with Gasteiger partial charge < -0.3 is 19.9 Å². The third-order valence-corrected chi connectivity index (χ3v) is 8.53. The summed E-state index contributed by atoms with van der Waals surface area (Å²) in [5.74, 6) is 1.09. The normalized spacial score (nSPS) is 14.6. The predicted molar refractivity (Wildman–Crippen MR) is 157 cm³/mol. The summed E-state index contributed by atoms with van der Waals surface area (Å²) < 4.78 is 34.7. The molecule has 1 aliphatic rings. The summed E-state index contributed by atoms with van der Waals surface area (Å²) in [6.07, 6.45) is 3.99. The van der Waals surface area contributed by atoms with Gasteiger partial charge in [-0.05, 0) is 64.2 Å². The Balaban J connectivity index is 1.41. The largest absolute Gasteiger partial charge is 0.494 e. The molecule has 0 spiro atoms. The molecule has 5 rings (SSSR count). The molecule has 0 saturated carbocycles. The number of rotatable bonds is 9. The van der Waals surface area contributed by atoms with Gasteiger partial charge >= 0.3 is 0 Å². The van der Waals surface area contributed by atoms with Crippen molar-refractivity contribution in [3.8, 4) is 17.0 Å². The molecule has 2 N–H and O–H groups in total. The van der Waals surface area contributed by atoms with Crippen molar-refractivity contribution in [2.75, 3.05) is 55.0 Å². The first-order valence-electron chi connectivity index (χ1n) is 13.1. The van der Waals surface area contributed by atoms with Gasteiger partial charge in [-0.15, -0.1) is 5.10 Å². The van der Waals surface area contributed by atoms with Gasteiger partial charge in [-0.3, -0.25) is 4.72 Å². The van der Waals surface area contributed by atoms with Crippen molar-refractivity contribution < 1.29 is 13.2 Å². The summed E-state index contributed by atoms with van der Waals surface area (Å²) in [5.41, 5.74) is 4.64. The van der Waals surface area contributed by atoms with E-state index in [2.05, 4.69) is 45.0 Å². The van der Waals surface area contributed by atoms with Crippen molar-refractivity contribution in [1.82, 2.24) is 19.5 Å². The monoisotopic (exact) mass is 549 g/mol. The smallest absolute Gasteiger partial charge is 0.245 e. The molecule has 39 heavy (non-hydrogen) atoms. The van der Waals surface area contributed by atoms with E-state index in [1.54, 1.807) is 36.9 Å². The molecule has 0 radical (unpaired) electrons. The van der Waals surface area contributed by atoms with Gasteiger partial charge in [-0.25, -0.2) is 17.9 Å². The Kier molecular flexibility index (Phi) is 7.62. The third kappa shape index (κ3) is 5.79. The molecule has 0 bridgehead atoms. The van der Waals surface area contributed by atoms with Gasteiger partial charge in [-0.2, -0.15) is 0 Å². The van der Waals surface area contributed by atoms with Crippen LogP contribution in [0.2, 0.25) is 0 Å². The molecular weight excluding hydrogens is 514 g/mol. The minimum Gasteiger partial charge on any atom is -0.494 e. The van der Waals surface area contributed by atoms with Crippen LogP contribution < -0.4 is 19.7 Å². The molecule has 3 heterocycles. The highest BCUT2D eigenvalue weighted by Gasteiger charge is 2.22. The zero-order valence-corrected chi connectivity index (χ0v) is 23.6. The van der Waals surface area contributed by atoms with Crippen LogP contribution in [0.1, 0.15) is 19.8 Å². The van der Waals surface area contributed by atoms with Gasteiger partial charge in [0, 0.05) is 36.4 Å². The lowest BCUT2D eigenvalue weighted by molar-refractivity contribution is 0.249. The number of ether oxygens (including phenoxy) is 1. The fourth-order valence-corrected chi connectivity index (χ4v) is 5.60. The molecule has 10 nitrogen and oxygen atoms in total. The molecule has 0 atom stereocenters. The fourth-order valence-electron chi connectivity index (χ4n) is 4.94. The molecule has 0 amide bonds. The first kappa shape index (κ1) is 26.8. The number of sulfonamides is 1. The topological polar surface area (TPSA) is 104 Å². The van der Waals surface area contributed by atoms with Crippen LogP contribution in [0.25, 0.3) is 16.8 Å². The number of nitrogens with zero attached hydrogens (tertiary/aromatic N) is 5. The van der Waals surface area contributed by atoms with Crippen LogP contribution in [0.3, 0.4) is 0 Å². The lowest BCUT2D eigenvalue weighted by Gasteiger charge is -2.36. The summed E-state index contributed by atoms with van der Waals surface area (Å²) in [5, 5.41) is 8.02. The van der Waals surface area contributed by atoms with E-state index in [-0.39, 0.29) is 5.75 Å². The quantitative estimate of drug-likeness (QED) is 0.316. The van der Waals surface area contributed by atoms with E-state index < -0.39 is 10.0 Å². The minimum absolute atomic E-state index is 0.0124. The van der Waals surface area contributed by atoms with Crippen LogP contribution in [-0.2, 0) is 10.0 Å². The van der Waals surface area contributed by atoms with Crippen molar-refractivity contribution in [2.45, 2.75) is 25.8 Å². The molecule has 2 aromatic heterocycles. The molecule has 4 aromatic rings. The van der Waals surface area contributed by atoms with Gasteiger partial charge in [0.2, 0.25) is 16.0 Å². The van der Waals surface area contributed by atoms with E-state index in [1.165, 1.54) is 0 Å². The van der Waals surface area contributed by atoms with Gasteiger partial charge in [0.15, 0.2) is 0 Å². The lowest BCUT2D eigenvalue weighted by atomic mass is 10.0. The summed E-state index contributed by atoms with van der Waals surface area (Å²) >= 11 is 0. The van der Waals surface area contributed by atoms with E-state index in [1.807, 2.05) is 36.4 Å². The van der Waals surface area contributed by atoms with E-state index in [9.17, 15) is 8.42 Å². The number of methoxy groups -OCH3 is 1. The number of piperidine rings is 1. The molecule has 0 unspecified atom stereocenters. The van der Waals surface area contributed by atoms with Crippen LogP contribution in [0.4, 0.5) is 23.0 Å². The van der Waals surface area contributed by atoms with Gasteiger partial charge in [0.25, 0.3) is 0 Å². The molecule has 2 aromatic carbocycles. The first-order chi connectivity index (χ1) is 18.8. The zero-order valence-electron chi connectivity index (χ0n) is 22.8. The number of aromatic nitrogens is 3. The highest BCUT2D eigenvalue weighted by Crippen LogP contribution is 2.34. The molecule has 0 aliphatic carbocycles. The summed E-state index contributed by atoms with van der Waals surface area (Å²) in [7, 11) is 2.51. The predicted octanol–water partition coefficient (Wildman–Crippen LogP) is 4.44. The van der Waals surface area contributed by atoms with Gasteiger partial charge in [-0.1, -0.05) is 18.2 Å². The second kappa shape index (κ2) is 11.1. The maximum atomic E-state index is 12.3. The molecular formula is C28H35N7O3S. The summed E-state index contributed by atoms with van der Waals surface area (Å²) in [6, 6.07) is 17.8. The Labute approximate surface area is 229 Å². The van der Waals surface area contributed by atoms with Crippen LogP contribution in [-0.4, -0.2) is 74.0 Å². The Bertz CT molecular complexity index is 1560. The fraction of sp³-hybridized carbons (Fsp3) is 0.357. The lowest BCUT2D eigenvalue weighted by Crippen LogP contribution is -2.41. The maximum absolute atomic E-state index is 12.3. The third-order valence-electron chi connectivity index (χ3n) is 7.24. The number of anilines is 4. The van der Waals surface area contributed by atoms with Crippen molar-refractivity contribution in [3.63, 3.8) is 0 Å². The average Bonchev–Trinajstić information content (AvgIpc) is 3.36. The van der Waals surface area contributed by atoms with E-state index in [4.69, 9.17) is 9.84 Å². The number of nitrogens with one attached hydrogen (secondary N) is 2. The van der Waals surface area contributed by atoms with Crippen LogP contribution >= 0.6 is 0 Å². The number of hydrogen-bond acceptors (Lipinski definition) is 8. The van der Waals surface area contributed by atoms with Crippen molar-refractivity contribution in [1.29, 1.82) is 0 Å². The minimum atomic E-state index is -3.44. The van der Waals surface area contributed by atoms with Gasteiger partial charge in [0.1, 0.15) is 5.75 Å². The zero-order chi connectivity index (χ0) is 27.6. The number of hydrogen-bond donors (Lipinski definition) is 2. The molecule has 1 saturated heterocycles. The maximum Gasteiger partial charge on any atom is 0.245 e. The molecule has 1 fully saturated rings. The highest BCUT2D eigenvalue weighted by atomic mass is 32.2. The Hall–Kier alpha value is -3.83. The van der Waals surface area contributed by atoms with Crippen LogP contribution in [0, 0.1) is 0 Å². The Morgan fingerprint density at radius 2 is 1.82 bits per heavy atom. The number of benzene rings is 2. The highest BCUT2D eigenvalue weighted by molar-refractivity contribution is 7.92. The standard InChI is InChI=1S/C28H35N7O3S/c1-5-39(36,37)32-24-9-7-6-8-23(24)26-13-11-22-19-29-28(31-35(22)26)30-25-12-10-21(18-27(25)38-4)34-16-14-20(15-17-34)33(2)3/h6-13,18-20,32H,5,14-17H2,1-4H3,(H,30,31). The molecule has 206 valence electrons. The van der Waals surface area contributed by atoms with Crippen molar-refractivity contribution >= 4 is 38.6 Å². The SMILES string of the molecule is CCS(=O)(=O)Nc1ccccc1-c1ccc2cnc(Nc3ccc(N4CCC(N(C)C)CC4)cc3OC)nn12. The van der Waals surface area contributed by atoms with Crippen LogP contribution in [0.15, 0.2) is 60.8 Å². The summed E-state index contributed by atoms with van der Waals surface area (Å²) in [6.45, 7) is 3.62. The Morgan fingerprint density at radius 3 is 2.54 bits per heavy atom. The molecule has 11 heteroatoms. The Morgan fingerprint density at radius 1 is 1.05 bits per heavy atom. The second-order valence-corrected chi connectivity index (χ2v) is 11.9. The average molecular weight is 550 g/mol. The van der Waals surface area contributed by atoms with Crippen LogP contribution in [0.5, 0.6) is 5.75 Å². The first-order valence-corrected chi connectivity index (χ1v) is 14.7. The van der Waals surface area contributed by atoms with E-state index in [0.717, 1.165) is 54.1 Å². The summed E-state index contributed by atoms with van der Waals surface area (Å²) in [4.78, 5) is 9.19. The van der Waals surface area contributed by atoms with E-state index in [0.29, 0.717) is 23.4 Å². The van der Waals surface area contributed by atoms with Crippen molar-refractivity contribution in [2.24, 2.45) is 0 Å². The van der Waals surface area contributed by atoms with Crippen molar-refractivity contribution in [3.05, 3.63) is 60.8 Å². The van der Waals surface area contributed by atoms with E-state index >= 15 is 0 Å².